The molecule has 3 aliphatic heterocycles. The fraction of sp³-hybridized carbons (Fsp3) is 0.696. The van der Waals surface area contributed by atoms with Gasteiger partial charge in [-0.1, -0.05) is 6.42 Å². The van der Waals surface area contributed by atoms with Crippen LogP contribution >= 0.6 is 0 Å². The average molecular weight is 442 g/mol. The van der Waals surface area contributed by atoms with Gasteiger partial charge in [0, 0.05) is 51.4 Å². The molecule has 1 amide bonds. The second kappa shape index (κ2) is 8.42. The minimum atomic E-state index is -0.476. The lowest BCUT2D eigenvalue weighted by Gasteiger charge is -2.37. The van der Waals surface area contributed by atoms with Crippen LogP contribution in [0.15, 0.2) is 12.1 Å². The number of carbonyl (C=O) groups excluding carboxylic acids is 1. The molecule has 1 N–H and O–H groups in total. The zero-order valence-corrected chi connectivity index (χ0v) is 19.5. The van der Waals surface area contributed by atoms with E-state index in [0.717, 1.165) is 62.1 Å². The molecule has 32 heavy (non-hydrogen) atoms. The second-order valence-electron chi connectivity index (χ2n) is 10.1. The summed E-state index contributed by atoms with van der Waals surface area (Å²) in [6, 6.07) is 4.61. The van der Waals surface area contributed by atoms with Crippen LogP contribution in [0.4, 0.5) is 16.4 Å². The maximum atomic E-state index is 12.5. The summed E-state index contributed by atoms with van der Waals surface area (Å²) in [5.74, 6) is 2.08. The summed E-state index contributed by atoms with van der Waals surface area (Å²) in [5, 5.41) is 8.59. The van der Waals surface area contributed by atoms with Gasteiger partial charge in [0.05, 0.1) is 11.7 Å². The maximum Gasteiger partial charge on any atom is 0.410 e. The van der Waals surface area contributed by atoms with E-state index in [4.69, 9.17) is 14.8 Å². The van der Waals surface area contributed by atoms with Crippen molar-refractivity contribution in [3.63, 3.8) is 0 Å². The van der Waals surface area contributed by atoms with E-state index < -0.39 is 5.60 Å². The topological polar surface area (TPSA) is 78.2 Å². The number of piperidine rings is 1. The van der Waals surface area contributed by atoms with Crippen molar-refractivity contribution in [2.45, 2.75) is 58.1 Å². The number of nitrogens with one attached hydrogen (secondary N) is 1. The number of piperazine rings is 1. The average Bonchev–Trinajstić information content (AvgIpc) is 3.16. The first-order chi connectivity index (χ1) is 15.4. The molecule has 0 unspecified atom stereocenters. The van der Waals surface area contributed by atoms with Crippen molar-refractivity contribution in [1.82, 2.24) is 24.8 Å². The molecule has 3 aliphatic rings. The Labute approximate surface area is 189 Å². The van der Waals surface area contributed by atoms with E-state index in [1.165, 1.54) is 19.3 Å². The predicted molar refractivity (Wildman–Crippen MR) is 124 cm³/mol. The van der Waals surface area contributed by atoms with E-state index >= 15 is 0 Å². The maximum absolute atomic E-state index is 12.5. The highest BCUT2D eigenvalue weighted by Gasteiger charge is 2.29. The van der Waals surface area contributed by atoms with Gasteiger partial charge in [-0.15, -0.1) is 0 Å². The molecule has 0 spiro atoms. The molecule has 1 atom stereocenters. The Morgan fingerprint density at radius 3 is 2.44 bits per heavy atom. The monoisotopic (exact) mass is 441 g/mol. The van der Waals surface area contributed by atoms with Crippen LogP contribution in [0.5, 0.6) is 0 Å². The first-order valence-electron chi connectivity index (χ1n) is 12.0. The molecular formula is C23H35N7O2. The molecule has 0 aromatic carbocycles. The van der Waals surface area contributed by atoms with Gasteiger partial charge in [0.2, 0.25) is 0 Å². The van der Waals surface area contributed by atoms with Gasteiger partial charge in [-0.25, -0.2) is 9.78 Å². The smallest absolute Gasteiger partial charge is 0.410 e. The molecule has 5 rings (SSSR count). The molecule has 0 saturated carbocycles. The van der Waals surface area contributed by atoms with Gasteiger partial charge in [0.15, 0.2) is 5.65 Å². The fourth-order valence-corrected chi connectivity index (χ4v) is 4.62. The third kappa shape index (κ3) is 4.35. The molecule has 3 saturated heterocycles. The van der Waals surface area contributed by atoms with Crippen LogP contribution in [0, 0.1) is 0 Å². The molecule has 2 aromatic rings. The van der Waals surface area contributed by atoms with E-state index in [0.29, 0.717) is 19.1 Å². The molecule has 174 valence electrons. The van der Waals surface area contributed by atoms with Crippen LogP contribution in [0.3, 0.4) is 0 Å². The number of anilines is 2. The first kappa shape index (κ1) is 21.3. The molecule has 5 heterocycles. The van der Waals surface area contributed by atoms with Crippen LogP contribution in [0.2, 0.25) is 0 Å². The number of hydrogen-bond acceptors (Lipinski definition) is 7. The van der Waals surface area contributed by atoms with Gasteiger partial charge in [-0.3, -0.25) is 0 Å². The summed E-state index contributed by atoms with van der Waals surface area (Å²) in [6.45, 7) is 11.6. The summed E-state index contributed by atoms with van der Waals surface area (Å²) in [5.41, 5.74) is 1.50. The van der Waals surface area contributed by atoms with E-state index in [2.05, 4.69) is 27.2 Å². The lowest BCUT2D eigenvalue weighted by Crippen LogP contribution is -2.50. The van der Waals surface area contributed by atoms with E-state index in [9.17, 15) is 4.79 Å². The Kier molecular flexibility index (Phi) is 5.61. The minimum absolute atomic E-state index is 0.233. The van der Waals surface area contributed by atoms with Crippen molar-refractivity contribution in [2.75, 3.05) is 55.6 Å². The Bertz CT molecular complexity index is 965. The highest BCUT2D eigenvalue weighted by atomic mass is 16.6. The van der Waals surface area contributed by atoms with Crippen molar-refractivity contribution >= 4 is 23.4 Å². The van der Waals surface area contributed by atoms with Crippen LogP contribution in [-0.2, 0) is 4.74 Å². The Morgan fingerprint density at radius 1 is 1.03 bits per heavy atom. The second-order valence-corrected chi connectivity index (χ2v) is 10.1. The summed E-state index contributed by atoms with van der Waals surface area (Å²) < 4.78 is 7.56. The molecular weight excluding hydrogens is 406 g/mol. The van der Waals surface area contributed by atoms with Crippen molar-refractivity contribution in [3.8, 4) is 0 Å². The lowest BCUT2D eigenvalue weighted by atomic mass is 10.0. The van der Waals surface area contributed by atoms with Gasteiger partial charge in [0.1, 0.15) is 17.2 Å². The number of fused-ring (bicyclic) bond motifs is 1. The Hall–Kier alpha value is -2.55. The van der Waals surface area contributed by atoms with E-state index in [1.807, 2.05) is 25.3 Å². The minimum Gasteiger partial charge on any atom is -0.444 e. The van der Waals surface area contributed by atoms with Crippen molar-refractivity contribution in [2.24, 2.45) is 0 Å². The van der Waals surface area contributed by atoms with E-state index in [-0.39, 0.29) is 6.09 Å². The van der Waals surface area contributed by atoms with Crippen LogP contribution < -0.4 is 15.1 Å². The van der Waals surface area contributed by atoms with Gasteiger partial charge in [0.25, 0.3) is 0 Å². The van der Waals surface area contributed by atoms with E-state index in [1.54, 1.807) is 4.90 Å². The molecule has 0 aliphatic carbocycles. The molecule has 3 fully saturated rings. The number of nitrogens with zero attached hydrogens (tertiary/aromatic N) is 6. The van der Waals surface area contributed by atoms with Gasteiger partial charge < -0.3 is 24.8 Å². The number of ether oxygens (including phenoxy) is 1. The summed E-state index contributed by atoms with van der Waals surface area (Å²) >= 11 is 0. The van der Waals surface area contributed by atoms with Crippen molar-refractivity contribution in [3.05, 3.63) is 17.8 Å². The zero-order valence-electron chi connectivity index (χ0n) is 19.5. The molecule has 0 bridgehead atoms. The number of aromatic nitrogens is 3. The van der Waals surface area contributed by atoms with Crippen LogP contribution in [-0.4, -0.2) is 77.0 Å². The summed E-state index contributed by atoms with van der Waals surface area (Å²) in [4.78, 5) is 23.9. The Balaban J connectivity index is 1.39. The quantitative estimate of drug-likeness (QED) is 0.785. The SMILES string of the molecule is CC(C)(C)OC(=O)N1CCN(c2cc(N3CCC3)nc3cc([C@@H]4CCCCN4)nn23)CC1. The van der Waals surface area contributed by atoms with Crippen LogP contribution in [0.1, 0.15) is 58.2 Å². The molecule has 9 nitrogen and oxygen atoms in total. The number of carbonyl (C=O) groups is 1. The van der Waals surface area contributed by atoms with Gasteiger partial charge >= 0.3 is 6.09 Å². The normalized spacial score (nSPS) is 22.2. The number of amides is 1. The van der Waals surface area contributed by atoms with Crippen molar-refractivity contribution < 1.29 is 9.53 Å². The summed E-state index contributed by atoms with van der Waals surface area (Å²) in [7, 11) is 0. The standard InChI is InChI=1S/C23H35N7O2/c1-23(2,3)32-22(31)29-13-11-28(12-14-29)21-16-19(27-9-6-10-27)25-20-15-18(26-30(20)21)17-7-4-5-8-24-17/h15-17,24H,4-14H2,1-3H3/t17-/m0/s1. The lowest BCUT2D eigenvalue weighted by molar-refractivity contribution is 0.0240. The van der Waals surface area contributed by atoms with Crippen LogP contribution in [0.25, 0.3) is 5.65 Å². The van der Waals surface area contributed by atoms with Gasteiger partial charge in [-0.2, -0.15) is 9.61 Å². The largest absolute Gasteiger partial charge is 0.444 e. The third-order valence-electron chi connectivity index (χ3n) is 6.52. The first-order valence-corrected chi connectivity index (χ1v) is 12.0. The highest BCUT2D eigenvalue weighted by Crippen LogP contribution is 2.29. The predicted octanol–water partition coefficient (Wildman–Crippen LogP) is 2.81. The highest BCUT2D eigenvalue weighted by molar-refractivity contribution is 5.69. The Morgan fingerprint density at radius 2 is 1.81 bits per heavy atom. The third-order valence-corrected chi connectivity index (χ3v) is 6.52. The number of rotatable bonds is 3. The van der Waals surface area contributed by atoms with Crippen molar-refractivity contribution in [1.29, 1.82) is 0 Å². The fourth-order valence-electron chi connectivity index (χ4n) is 4.62. The molecule has 9 heteroatoms. The summed E-state index contributed by atoms with van der Waals surface area (Å²) in [6.07, 6.45) is 4.56. The van der Waals surface area contributed by atoms with Gasteiger partial charge in [-0.05, 0) is 46.6 Å². The molecule has 2 aromatic heterocycles. The zero-order chi connectivity index (χ0) is 22.3. The molecule has 0 radical (unpaired) electrons. The number of hydrogen-bond donors (Lipinski definition) is 1.